The Hall–Kier alpha value is -1.45. The van der Waals surface area contributed by atoms with Crippen molar-refractivity contribution in [3.63, 3.8) is 0 Å². The van der Waals surface area contributed by atoms with Crippen molar-refractivity contribution in [3.8, 4) is 0 Å². The molecule has 0 amide bonds. The van der Waals surface area contributed by atoms with Crippen LogP contribution in [-0.4, -0.2) is 21.0 Å². The zero-order valence-corrected chi connectivity index (χ0v) is 8.11. The van der Waals surface area contributed by atoms with Gasteiger partial charge in [0.1, 0.15) is 0 Å². The van der Waals surface area contributed by atoms with Crippen molar-refractivity contribution in [1.29, 1.82) is 0 Å². The lowest BCUT2D eigenvalue weighted by molar-refractivity contribution is 0.0690. The summed E-state index contributed by atoms with van der Waals surface area (Å²) in [6, 6.07) is 0. The Morgan fingerprint density at radius 3 is 2.31 bits per heavy atom. The standard InChI is InChI=1S/C7H8N2O2.C2H6/c1-2-5-3-9-6(4-8-5)7(10)11;1-2/h3-4H,2H2,1H3,(H,10,11);1-2H3. The van der Waals surface area contributed by atoms with Gasteiger partial charge in [-0.15, -0.1) is 0 Å². The summed E-state index contributed by atoms with van der Waals surface area (Å²) in [5.41, 5.74) is 0.789. The third kappa shape index (κ3) is 3.64. The molecule has 0 aromatic carbocycles. The molecule has 72 valence electrons. The van der Waals surface area contributed by atoms with Gasteiger partial charge in [-0.25, -0.2) is 9.78 Å². The molecule has 0 atom stereocenters. The van der Waals surface area contributed by atoms with Crippen molar-refractivity contribution >= 4 is 5.97 Å². The van der Waals surface area contributed by atoms with Crippen LogP contribution in [0, 0.1) is 0 Å². The van der Waals surface area contributed by atoms with Gasteiger partial charge in [0.25, 0.3) is 0 Å². The van der Waals surface area contributed by atoms with Crippen LogP contribution in [0.3, 0.4) is 0 Å². The van der Waals surface area contributed by atoms with Crippen LogP contribution >= 0.6 is 0 Å². The van der Waals surface area contributed by atoms with Crippen LogP contribution in [0.2, 0.25) is 0 Å². The summed E-state index contributed by atoms with van der Waals surface area (Å²) in [7, 11) is 0. The lowest BCUT2D eigenvalue weighted by atomic mass is 10.3. The van der Waals surface area contributed by atoms with Crippen molar-refractivity contribution in [1.82, 2.24) is 9.97 Å². The van der Waals surface area contributed by atoms with E-state index in [1.54, 1.807) is 0 Å². The second-order valence-electron chi connectivity index (χ2n) is 2.05. The first-order chi connectivity index (χ1) is 6.24. The number of carboxylic acid groups (broad SMARTS) is 1. The van der Waals surface area contributed by atoms with Gasteiger partial charge in [0.05, 0.1) is 11.9 Å². The van der Waals surface area contributed by atoms with Gasteiger partial charge in [0.2, 0.25) is 0 Å². The van der Waals surface area contributed by atoms with Gasteiger partial charge < -0.3 is 5.11 Å². The minimum absolute atomic E-state index is 0.0119. The highest BCUT2D eigenvalue weighted by Crippen LogP contribution is 1.95. The Morgan fingerprint density at radius 2 is 2.00 bits per heavy atom. The monoisotopic (exact) mass is 182 g/mol. The molecule has 0 aliphatic carbocycles. The molecular weight excluding hydrogens is 168 g/mol. The molecule has 0 saturated carbocycles. The number of nitrogens with zero attached hydrogens (tertiary/aromatic N) is 2. The summed E-state index contributed by atoms with van der Waals surface area (Å²) in [6.07, 6.45) is 3.51. The lowest BCUT2D eigenvalue weighted by Crippen LogP contribution is -2.01. The number of carbonyl (C=O) groups is 1. The van der Waals surface area contributed by atoms with Crippen LogP contribution in [0.15, 0.2) is 12.4 Å². The number of hydrogen-bond donors (Lipinski definition) is 1. The first kappa shape index (κ1) is 11.6. The van der Waals surface area contributed by atoms with Crippen LogP contribution in [0.1, 0.15) is 37.0 Å². The number of aromatic carboxylic acids is 1. The van der Waals surface area contributed by atoms with E-state index >= 15 is 0 Å². The molecule has 0 aliphatic rings. The molecule has 0 spiro atoms. The van der Waals surface area contributed by atoms with Crippen molar-refractivity contribution in [3.05, 3.63) is 23.8 Å². The van der Waals surface area contributed by atoms with E-state index in [4.69, 9.17) is 5.11 Å². The fraction of sp³-hybridized carbons (Fsp3) is 0.444. The van der Waals surface area contributed by atoms with Gasteiger partial charge >= 0.3 is 5.97 Å². The second-order valence-corrected chi connectivity index (χ2v) is 2.05. The molecule has 0 unspecified atom stereocenters. The number of rotatable bonds is 2. The zero-order chi connectivity index (χ0) is 10.3. The molecule has 0 saturated heterocycles. The predicted octanol–water partition coefficient (Wildman–Crippen LogP) is 1.76. The largest absolute Gasteiger partial charge is 0.476 e. The highest BCUT2D eigenvalue weighted by molar-refractivity contribution is 5.84. The van der Waals surface area contributed by atoms with E-state index in [1.807, 2.05) is 20.8 Å². The number of aromatic nitrogens is 2. The Morgan fingerprint density at radius 1 is 1.38 bits per heavy atom. The summed E-state index contributed by atoms with van der Waals surface area (Å²) in [5.74, 6) is -1.04. The quantitative estimate of drug-likeness (QED) is 0.757. The van der Waals surface area contributed by atoms with Gasteiger partial charge in [-0.3, -0.25) is 4.98 Å². The molecule has 4 heteroatoms. The van der Waals surface area contributed by atoms with E-state index in [0.717, 1.165) is 12.1 Å². The third-order valence-electron chi connectivity index (χ3n) is 1.29. The molecule has 1 aromatic heterocycles. The van der Waals surface area contributed by atoms with E-state index in [0.29, 0.717) is 0 Å². The van der Waals surface area contributed by atoms with Crippen molar-refractivity contribution in [2.24, 2.45) is 0 Å². The molecule has 4 nitrogen and oxygen atoms in total. The maximum Gasteiger partial charge on any atom is 0.356 e. The summed E-state index contributed by atoms with van der Waals surface area (Å²) < 4.78 is 0. The summed E-state index contributed by atoms with van der Waals surface area (Å²) in [5, 5.41) is 8.45. The van der Waals surface area contributed by atoms with Crippen LogP contribution in [0.25, 0.3) is 0 Å². The number of carboxylic acids is 1. The Bertz CT molecular complexity index is 257. The maximum absolute atomic E-state index is 10.3. The Labute approximate surface area is 77.7 Å². The predicted molar refractivity (Wildman–Crippen MR) is 49.7 cm³/mol. The van der Waals surface area contributed by atoms with Gasteiger partial charge in [-0.1, -0.05) is 20.8 Å². The van der Waals surface area contributed by atoms with E-state index < -0.39 is 5.97 Å². The summed E-state index contributed by atoms with van der Waals surface area (Å²) in [6.45, 7) is 5.93. The highest BCUT2D eigenvalue weighted by atomic mass is 16.4. The molecule has 0 aliphatic heterocycles. The van der Waals surface area contributed by atoms with Crippen molar-refractivity contribution in [2.45, 2.75) is 27.2 Å². The molecule has 1 rings (SSSR count). The van der Waals surface area contributed by atoms with Crippen molar-refractivity contribution in [2.75, 3.05) is 0 Å². The fourth-order valence-corrected chi connectivity index (χ4v) is 0.648. The molecular formula is C9H14N2O2. The maximum atomic E-state index is 10.3. The molecule has 13 heavy (non-hydrogen) atoms. The van der Waals surface area contributed by atoms with Gasteiger partial charge in [0, 0.05) is 6.20 Å². The van der Waals surface area contributed by atoms with E-state index in [1.165, 1.54) is 12.4 Å². The van der Waals surface area contributed by atoms with E-state index in [-0.39, 0.29) is 5.69 Å². The van der Waals surface area contributed by atoms with E-state index in [2.05, 4.69) is 9.97 Å². The van der Waals surface area contributed by atoms with Crippen LogP contribution < -0.4 is 0 Å². The van der Waals surface area contributed by atoms with E-state index in [9.17, 15) is 4.79 Å². The molecule has 1 heterocycles. The molecule has 0 bridgehead atoms. The highest BCUT2D eigenvalue weighted by Gasteiger charge is 2.02. The normalized spacial score (nSPS) is 8.54. The number of hydrogen-bond acceptors (Lipinski definition) is 3. The van der Waals surface area contributed by atoms with Gasteiger partial charge in [-0.2, -0.15) is 0 Å². The minimum atomic E-state index is -1.04. The van der Waals surface area contributed by atoms with Crippen LogP contribution in [-0.2, 0) is 6.42 Å². The first-order valence-corrected chi connectivity index (χ1v) is 4.28. The molecule has 1 N–H and O–H groups in total. The van der Waals surface area contributed by atoms with Crippen molar-refractivity contribution < 1.29 is 9.90 Å². The summed E-state index contributed by atoms with van der Waals surface area (Å²) >= 11 is 0. The smallest absolute Gasteiger partial charge is 0.356 e. The second kappa shape index (κ2) is 6.11. The fourth-order valence-electron chi connectivity index (χ4n) is 0.648. The zero-order valence-electron chi connectivity index (χ0n) is 8.11. The molecule has 0 radical (unpaired) electrons. The van der Waals surface area contributed by atoms with Gasteiger partial charge in [-0.05, 0) is 6.42 Å². The first-order valence-electron chi connectivity index (χ1n) is 4.28. The molecule has 0 fully saturated rings. The Kier molecular flexibility index (Phi) is 5.43. The lowest BCUT2D eigenvalue weighted by Gasteiger charge is -1.94. The molecule has 1 aromatic rings. The Balaban J connectivity index is 0.000000671. The topological polar surface area (TPSA) is 63.1 Å². The van der Waals surface area contributed by atoms with Crippen LogP contribution in [0.5, 0.6) is 0 Å². The van der Waals surface area contributed by atoms with Crippen LogP contribution in [0.4, 0.5) is 0 Å². The average molecular weight is 182 g/mol. The summed E-state index contributed by atoms with van der Waals surface area (Å²) in [4.78, 5) is 17.9. The number of aryl methyl sites for hydroxylation is 1. The average Bonchev–Trinajstić information content (AvgIpc) is 2.21. The SMILES string of the molecule is CC.CCc1cnc(C(=O)O)cn1. The third-order valence-corrected chi connectivity index (χ3v) is 1.29. The minimum Gasteiger partial charge on any atom is -0.476 e. The van der Waals surface area contributed by atoms with Gasteiger partial charge in [0.15, 0.2) is 5.69 Å².